The maximum absolute atomic E-state index is 5.93. The van der Waals surface area contributed by atoms with Gasteiger partial charge in [0.25, 0.3) is 0 Å². The standard InChI is InChI=1S/C9H5Br2Cl2N3/c10-8-14-9(11)16(15-8)4-5-1-2-6(12)7(13)3-5/h1-3H,4H2. The molecule has 0 saturated heterocycles. The lowest BCUT2D eigenvalue weighted by molar-refractivity contribution is 0.664. The second-order valence-corrected chi connectivity index (χ2v) is 5.29. The zero-order valence-electron chi connectivity index (χ0n) is 7.79. The Labute approximate surface area is 119 Å². The summed E-state index contributed by atoms with van der Waals surface area (Å²) in [6.45, 7) is 0.579. The molecular formula is C9H5Br2Cl2N3. The minimum Gasteiger partial charge on any atom is -0.235 e. The summed E-state index contributed by atoms with van der Waals surface area (Å²) >= 11 is 18.3. The SMILES string of the molecule is Clc1ccc(Cn2nc(Br)nc2Br)cc1Cl. The molecule has 0 aliphatic rings. The van der Waals surface area contributed by atoms with Gasteiger partial charge in [-0.1, -0.05) is 29.3 Å². The lowest BCUT2D eigenvalue weighted by Crippen LogP contribution is -2.02. The van der Waals surface area contributed by atoms with Crippen molar-refractivity contribution in [1.82, 2.24) is 14.8 Å². The fraction of sp³-hybridized carbons (Fsp3) is 0.111. The highest BCUT2D eigenvalue weighted by Gasteiger charge is 2.06. The van der Waals surface area contributed by atoms with Gasteiger partial charge in [-0.25, -0.2) is 4.68 Å². The van der Waals surface area contributed by atoms with E-state index in [9.17, 15) is 0 Å². The number of hydrogen-bond acceptors (Lipinski definition) is 2. The smallest absolute Gasteiger partial charge is 0.218 e. The van der Waals surface area contributed by atoms with Crippen LogP contribution in [0.2, 0.25) is 10.0 Å². The molecule has 3 nitrogen and oxygen atoms in total. The first-order chi connectivity index (χ1) is 7.56. The van der Waals surface area contributed by atoms with Crippen molar-refractivity contribution < 1.29 is 0 Å². The first-order valence-electron chi connectivity index (χ1n) is 4.26. The van der Waals surface area contributed by atoms with Crippen LogP contribution in [0, 0.1) is 0 Å². The number of halogens is 4. The fourth-order valence-corrected chi connectivity index (χ4v) is 2.50. The molecule has 0 radical (unpaired) electrons. The van der Waals surface area contributed by atoms with Crippen LogP contribution in [-0.2, 0) is 6.54 Å². The van der Waals surface area contributed by atoms with Gasteiger partial charge in [-0.3, -0.25) is 0 Å². The summed E-state index contributed by atoms with van der Waals surface area (Å²) in [5.41, 5.74) is 1.01. The van der Waals surface area contributed by atoms with E-state index in [0.29, 0.717) is 26.1 Å². The molecule has 7 heteroatoms. The van der Waals surface area contributed by atoms with Crippen molar-refractivity contribution in [3.8, 4) is 0 Å². The molecular weight excluding hydrogens is 381 g/mol. The molecule has 0 N–H and O–H groups in total. The summed E-state index contributed by atoms with van der Waals surface area (Å²) in [6.07, 6.45) is 0. The Kier molecular flexibility index (Phi) is 3.89. The largest absolute Gasteiger partial charge is 0.235 e. The predicted molar refractivity (Wildman–Crippen MR) is 71.0 cm³/mol. The molecule has 0 spiro atoms. The average molecular weight is 386 g/mol. The lowest BCUT2D eigenvalue weighted by atomic mass is 10.2. The lowest BCUT2D eigenvalue weighted by Gasteiger charge is -2.03. The van der Waals surface area contributed by atoms with Crippen molar-refractivity contribution >= 4 is 55.1 Å². The Bertz CT molecular complexity index is 527. The molecule has 84 valence electrons. The Morgan fingerprint density at radius 1 is 1.19 bits per heavy atom. The van der Waals surface area contributed by atoms with Gasteiger partial charge in [-0.2, -0.15) is 4.98 Å². The van der Waals surface area contributed by atoms with Gasteiger partial charge in [-0.15, -0.1) is 5.10 Å². The van der Waals surface area contributed by atoms with Crippen LogP contribution in [-0.4, -0.2) is 14.8 Å². The predicted octanol–water partition coefficient (Wildman–Crippen LogP) is 4.16. The molecule has 0 unspecified atom stereocenters. The summed E-state index contributed by atoms with van der Waals surface area (Å²) in [6, 6.07) is 5.47. The molecule has 0 fully saturated rings. The molecule has 16 heavy (non-hydrogen) atoms. The van der Waals surface area contributed by atoms with E-state index in [0.717, 1.165) is 5.56 Å². The Morgan fingerprint density at radius 2 is 1.94 bits per heavy atom. The zero-order valence-corrected chi connectivity index (χ0v) is 12.5. The molecule has 0 saturated carbocycles. The van der Waals surface area contributed by atoms with Gasteiger partial charge in [0.15, 0.2) is 4.73 Å². The van der Waals surface area contributed by atoms with Gasteiger partial charge in [0.2, 0.25) is 4.73 Å². The van der Waals surface area contributed by atoms with Crippen LogP contribution in [0.3, 0.4) is 0 Å². The van der Waals surface area contributed by atoms with E-state index in [1.807, 2.05) is 12.1 Å². The number of rotatable bonds is 2. The van der Waals surface area contributed by atoms with Gasteiger partial charge in [-0.05, 0) is 49.6 Å². The van der Waals surface area contributed by atoms with E-state index >= 15 is 0 Å². The highest BCUT2D eigenvalue weighted by molar-refractivity contribution is 9.11. The average Bonchev–Trinajstić information content (AvgIpc) is 2.51. The zero-order chi connectivity index (χ0) is 11.7. The van der Waals surface area contributed by atoms with Crippen molar-refractivity contribution in [3.05, 3.63) is 43.3 Å². The highest BCUT2D eigenvalue weighted by Crippen LogP contribution is 2.23. The Hall–Kier alpha value is -0.100. The first kappa shape index (κ1) is 12.4. The molecule has 0 atom stereocenters. The minimum absolute atomic E-state index is 0.537. The van der Waals surface area contributed by atoms with E-state index < -0.39 is 0 Å². The summed E-state index contributed by atoms with van der Waals surface area (Å²) < 4.78 is 2.91. The third-order valence-corrected chi connectivity index (χ3v) is 3.58. The summed E-state index contributed by atoms with van der Waals surface area (Å²) in [7, 11) is 0. The molecule has 0 aliphatic carbocycles. The number of benzene rings is 1. The van der Waals surface area contributed by atoms with Crippen LogP contribution < -0.4 is 0 Å². The van der Waals surface area contributed by atoms with Crippen LogP contribution in [0.4, 0.5) is 0 Å². The van der Waals surface area contributed by atoms with Crippen LogP contribution in [0.5, 0.6) is 0 Å². The monoisotopic (exact) mass is 383 g/mol. The minimum atomic E-state index is 0.537. The van der Waals surface area contributed by atoms with Crippen molar-refractivity contribution in [3.63, 3.8) is 0 Å². The quantitative estimate of drug-likeness (QED) is 0.777. The van der Waals surface area contributed by atoms with Crippen LogP contribution in [0.1, 0.15) is 5.56 Å². The third kappa shape index (κ3) is 2.77. The second kappa shape index (κ2) is 5.04. The first-order valence-corrected chi connectivity index (χ1v) is 6.60. The fourth-order valence-electron chi connectivity index (χ4n) is 1.21. The molecule has 0 amide bonds. The van der Waals surface area contributed by atoms with Gasteiger partial charge in [0.05, 0.1) is 16.6 Å². The van der Waals surface area contributed by atoms with Crippen molar-refractivity contribution in [1.29, 1.82) is 0 Å². The third-order valence-electron chi connectivity index (χ3n) is 1.92. The molecule has 1 heterocycles. The van der Waals surface area contributed by atoms with Gasteiger partial charge in [0, 0.05) is 0 Å². The molecule has 0 bridgehead atoms. The van der Waals surface area contributed by atoms with Crippen molar-refractivity contribution in [2.24, 2.45) is 0 Å². The van der Waals surface area contributed by atoms with E-state index in [1.165, 1.54) is 0 Å². The van der Waals surface area contributed by atoms with E-state index in [-0.39, 0.29) is 0 Å². The normalized spacial score (nSPS) is 10.8. The van der Waals surface area contributed by atoms with Gasteiger partial charge in [0.1, 0.15) is 0 Å². The summed E-state index contributed by atoms with van der Waals surface area (Å²) in [5.74, 6) is 0. The van der Waals surface area contributed by atoms with E-state index in [4.69, 9.17) is 23.2 Å². The van der Waals surface area contributed by atoms with Crippen LogP contribution in [0.15, 0.2) is 27.7 Å². The maximum Gasteiger partial charge on any atom is 0.218 e. The van der Waals surface area contributed by atoms with E-state index in [1.54, 1.807) is 10.7 Å². The van der Waals surface area contributed by atoms with E-state index in [2.05, 4.69) is 41.9 Å². The maximum atomic E-state index is 5.93. The van der Waals surface area contributed by atoms with Crippen LogP contribution in [0.25, 0.3) is 0 Å². The molecule has 2 aromatic rings. The molecule has 1 aromatic heterocycles. The van der Waals surface area contributed by atoms with Crippen LogP contribution >= 0.6 is 55.1 Å². The van der Waals surface area contributed by atoms with Gasteiger partial charge < -0.3 is 0 Å². The summed E-state index contributed by atoms with van der Waals surface area (Å²) in [5, 5.41) is 5.24. The number of nitrogens with zero attached hydrogens (tertiary/aromatic N) is 3. The second-order valence-electron chi connectivity index (χ2n) is 3.06. The van der Waals surface area contributed by atoms with Crippen molar-refractivity contribution in [2.75, 3.05) is 0 Å². The molecule has 0 aliphatic heterocycles. The van der Waals surface area contributed by atoms with Gasteiger partial charge >= 0.3 is 0 Å². The topological polar surface area (TPSA) is 30.7 Å². The number of aromatic nitrogens is 3. The number of hydrogen-bond donors (Lipinski definition) is 0. The summed E-state index contributed by atoms with van der Waals surface area (Å²) in [4.78, 5) is 4.07. The molecule has 2 rings (SSSR count). The molecule has 1 aromatic carbocycles. The Balaban J connectivity index is 2.27. The van der Waals surface area contributed by atoms with Crippen molar-refractivity contribution in [2.45, 2.75) is 6.54 Å². The highest BCUT2D eigenvalue weighted by atomic mass is 79.9. The Morgan fingerprint density at radius 3 is 2.50 bits per heavy atom.